The molecule has 0 radical (unpaired) electrons. The first-order chi connectivity index (χ1) is 7.69. The van der Waals surface area contributed by atoms with Crippen LogP contribution in [0.2, 0.25) is 0 Å². The number of ether oxygens (including phenoxy) is 2. The summed E-state index contributed by atoms with van der Waals surface area (Å²) in [5, 5.41) is 2.83. The summed E-state index contributed by atoms with van der Waals surface area (Å²) >= 11 is 0. The van der Waals surface area contributed by atoms with E-state index in [1.807, 2.05) is 0 Å². The lowest BCUT2D eigenvalue weighted by Crippen LogP contribution is -2.38. The van der Waals surface area contributed by atoms with E-state index in [1.165, 1.54) is 7.11 Å². The summed E-state index contributed by atoms with van der Waals surface area (Å²) < 4.78 is 44.1. The predicted octanol–water partition coefficient (Wildman–Crippen LogP) is 1.35. The molecule has 0 amide bonds. The van der Waals surface area contributed by atoms with Gasteiger partial charge in [-0.2, -0.15) is 13.2 Å². The van der Waals surface area contributed by atoms with Crippen LogP contribution >= 0.6 is 0 Å². The zero-order valence-electron chi connectivity index (χ0n) is 10.2. The maximum Gasteiger partial charge on any atom is 0.411 e. The molecule has 0 aromatic heterocycles. The molecule has 0 aromatic carbocycles. The molecular formula is C10H18F3NO3. The summed E-state index contributed by atoms with van der Waals surface area (Å²) in [6.45, 7) is 2.61. The van der Waals surface area contributed by atoms with Gasteiger partial charge in [-0.25, -0.2) is 0 Å². The van der Waals surface area contributed by atoms with Crippen LogP contribution in [0.3, 0.4) is 0 Å². The second kappa shape index (κ2) is 6.80. The molecule has 17 heavy (non-hydrogen) atoms. The normalized spacial score (nSPS) is 12.6. The van der Waals surface area contributed by atoms with Gasteiger partial charge in [0.05, 0.1) is 19.1 Å². The lowest BCUT2D eigenvalue weighted by atomic mass is 9.94. The minimum atomic E-state index is -4.30. The van der Waals surface area contributed by atoms with Gasteiger partial charge >= 0.3 is 12.1 Å². The molecular weight excluding hydrogens is 239 g/mol. The minimum Gasteiger partial charge on any atom is -0.469 e. The highest BCUT2D eigenvalue weighted by molar-refractivity contribution is 5.75. The second-order valence-electron chi connectivity index (χ2n) is 4.22. The van der Waals surface area contributed by atoms with Crippen molar-refractivity contribution in [2.75, 3.05) is 33.4 Å². The van der Waals surface area contributed by atoms with E-state index in [0.717, 1.165) is 0 Å². The third-order valence-corrected chi connectivity index (χ3v) is 1.99. The molecule has 0 aliphatic rings. The standard InChI is InChI=1S/C10H18F3NO3/c1-9(2,8(15)16-3)6-14-4-5-17-7-10(11,12)13/h14H,4-7H2,1-3H3. The van der Waals surface area contributed by atoms with Gasteiger partial charge in [-0.15, -0.1) is 0 Å². The first-order valence-electron chi connectivity index (χ1n) is 5.13. The SMILES string of the molecule is COC(=O)C(C)(C)CNCCOCC(F)(F)F. The fraction of sp³-hybridized carbons (Fsp3) is 0.900. The number of alkyl halides is 3. The van der Waals surface area contributed by atoms with E-state index in [4.69, 9.17) is 0 Å². The molecule has 0 unspecified atom stereocenters. The van der Waals surface area contributed by atoms with Crippen LogP contribution in [-0.4, -0.2) is 45.6 Å². The molecule has 0 aliphatic carbocycles. The quantitative estimate of drug-likeness (QED) is 0.552. The molecule has 0 rings (SSSR count). The van der Waals surface area contributed by atoms with Crippen molar-refractivity contribution in [3.63, 3.8) is 0 Å². The first-order valence-corrected chi connectivity index (χ1v) is 5.13. The number of carbonyl (C=O) groups is 1. The van der Waals surface area contributed by atoms with Crippen molar-refractivity contribution >= 4 is 5.97 Å². The number of hydrogen-bond donors (Lipinski definition) is 1. The van der Waals surface area contributed by atoms with E-state index in [0.29, 0.717) is 6.54 Å². The Morgan fingerprint density at radius 3 is 2.35 bits per heavy atom. The van der Waals surface area contributed by atoms with Gasteiger partial charge in [0.2, 0.25) is 0 Å². The molecule has 1 N–H and O–H groups in total. The topological polar surface area (TPSA) is 47.6 Å². The van der Waals surface area contributed by atoms with Crippen molar-refractivity contribution in [3.05, 3.63) is 0 Å². The van der Waals surface area contributed by atoms with Crippen LogP contribution in [-0.2, 0) is 14.3 Å². The smallest absolute Gasteiger partial charge is 0.411 e. The molecule has 0 atom stereocenters. The average Bonchev–Trinajstić information content (AvgIpc) is 2.20. The summed E-state index contributed by atoms with van der Waals surface area (Å²) in [6, 6.07) is 0. The highest BCUT2D eigenvalue weighted by atomic mass is 19.4. The van der Waals surface area contributed by atoms with Crippen molar-refractivity contribution in [1.29, 1.82) is 0 Å². The Labute approximate surface area is 98.5 Å². The van der Waals surface area contributed by atoms with E-state index in [-0.39, 0.29) is 19.1 Å². The molecule has 0 saturated carbocycles. The molecule has 102 valence electrons. The summed E-state index contributed by atoms with van der Waals surface area (Å²) in [5.74, 6) is -0.374. The lowest BCUT2D eigenvalue weighted by Gasteiger charge is -2.21. The van der Waals surface area contributed by atoms with E-state index >= 15 is 0 Å². The van der Waals surface area contributed by atoms with Gasteiger partial charge in [-0.1, -0.05) is 0 Å². The zero-order valence-corrected chi connectivity index (χ0v) is 10.2. The Morgan fingerprint density at radius 2 is 1.88 bits per heavy atom. The minimum absolute atomic E-state index is 0.0588. The number of rotatable bonds is 7. The Hall–Kier alpha value is -0.820. The lowest BCUT2D eigenvalue weighted by molar-refractivity contribution is -0.173. The summed E-state index contributed by atoms with van der Waals surface area (Å²) in [6.07, 6.45) is -4.30. The van der Waals surface area contributed by atoms with Crippen molar-refractivity contribution in [3.8, 4) is 0 Å². The van der Waals surface area contributed by atoms with Gasteiger partial charge in [-0.05, 0) is 13.8 Å². The van der Waals surface area contributed by atoms with Crippen molar-refractivity contribution in [2.24, 2.45) is 5.41 Å². The molecule has 4 nitrogen and oxygen atoms in total. The van der Waals surface area contributed by atoms with Gasteiger partial charge in [-0.3, -0.25) is 4.79 Å². The van der Waals surface area contributed by atoms with Crippen LogP contribution in [0.4, 0.5) is 13.2 Å². The largest absolute Gasteiger partial charge is 0.469 e. The molecule has 0 aliphatic heterocycles. The number of esters is 1. The molecule has 0 bridgehead atoms. The van der Waals surface area contributed by atoms with Crippen LogP contribution in [0.1, 0.15) is 13.8 Å². The second-order valence-corrected chi connectivity index (χ2v) is 4.22. The zero-order chi connectivity index (χ0) is 13.5. The fourth-order valence-electron chi connectivity index (χ4n) is 1.08. The monoisotopic (exact) mass is 257 g/mol. The predicted molar refractivity (Wildman–Crippen MR) is 55.5 cm³/mol. The Kier molecular flexibility index (Phi) is 6.48. The van der Waals surface area contributed by atoms with Crippen LogP contribution in [0, 0.1) is 5.41 Å². The third-order valence-electron chi connectivity index (χ3n) is 1.99. The first kappa shape index (κ1) is 16.2. The third kappa shape index (κ3) is 7.98. The van der Waals surface area contributed by atoms with Crippen LogP contribution < -0.4 is 5.32 Å². The highest BCUT2D eigenvalue weighted by Gasteiger charge is 2.28. The van der Waals surface area contributed by atoms with E-state index in [2.05, 4.69) is 14.8 Å². The number of methoxy groups -OCH3 is 1. The van der Waals surface area contributed by atoms with E-state index in [1.54, 1.807) is 13.8 Å². The van der Waals surface area contributed by atoms with Gasteiger partial charge in [0, 0.05) is 13.1 Å². The van der Waals surface area contributed by atoms with Crippen molar-refractivity contribution in [1.82, 2.24) is 5.32 Å². The molecule has 0 heterocycles. The molecule has 7 heteroatoms. The molecule has 0 aromatic rings. The van der Waals surface area contributed by atoms with Gasteiger partial charge in [0.15, 0.2) is 0 Å². The van der Waals surface area contributed by atoms with Gasteiger partial charge in [0.25, 0.3) is 0 Å². The molecule has 0 spiro atoms. The summed E-state index contributed by atoms with van der Waals surface area (Å²) in [5.41, 5.74) is -0.710. The maximum atomic E-state index is 11.7. The van der Waals surface area contributed by atoms with Gasteiger partial charge in [0.1, 0.15) is 6.61 Å². The number of nitrogens with one attached hydrogen (secondary N) is 1. The van der Waals surface area contributed by atoms with Crippen molar-refractivity contribution in [2.45, 2.75) is 20.0 Å². The van der Waals surface area contributed by atoms with Gasteiger partial charge < -0.3 is 14.8 Å². The fourth-order valence-corrected chi connectivity index (χ4v) is 1.08. The molecule has 0 saturated heterocycles. The number of carbonyl (C=O) groups excluding carboxylic acids is 1. The van der Waals surface area contributed by atoms with Crippen LogP contribution in [0.25, 0.3) is 0 Å². The number of halogens is 3. The Bertz CT molecular complexity index is 241. The Morgan fingerprint density at radius 1 is 1.29 bits per heavy atom. The summed E-state index contributed by atoms with van der Waals surface area (Å²) in [4.78, 5) is 11.2. The summed E-state index contributed by atoms with van der Waals surface area (Å²) in [7, 11) is 1.29. The molecule has 0 fully saturated rings. The van der Waals surface area contributed by atoms with E-state index in [9.17, 15) is 18.0 Å². The Balaban J connectivity index is 3.62. The van der Waals surface area contributed by atoms with Crippen molar-refractivity contribution < 1.29 is 27.4 Å². The average molecular weight is 257 g/mol. The highest BCUT2D eigenvalue weighted by Crippen LogP contribution is 2.15. The van der Waals surface area contributed by atoms with Crippen LogP contribution in [0.5, 0.6) is 0 Å². The van der Waals surface area contributed by atoms with E-state index < -0.39 is 18.2 Å². The maximum absolute atomic E-state index is 11.7. The number of hydrogen-bond acceptors (Lipinski definition) is 4. The van der Waals surface area contributed by atoms with Crippen LogP contribution in [0.15, 0.2) is 0 Å².